The number of methoxy groups -OCH3 is 2. The summed E-state index contributed by atoms with van der Waals surface area (Å²) < 4.78 is 16.2. The third-order valence-corrected chi connectivity index (χ3v) is 6.68. The fourth-order valence-electron chi connectivity index (χ4n) is 5.05. The van der Waals surface area contributed by atoms with E-state index in [4.69, 9.17) is 14.0 Å². The lowest BCUT2D eigenvalue weighted by molar-refractivity contribution is -0.141. The van der Waals surface area contributed by atoms with Gasteiger partial charge >= 0.3 is 0 Å². The van der Waals surface area contributed by atoms with Crippen molar-refractivity contribution in [3.05, 3.63) is 59.9 Å². The molecule has 1 spiro atoms. The Balaban J connectivity index is 1.22. The van der Waals surface area contributed by atoms with Crippen LogP contribution < -0.4 is 9.47 Å². The summed E-state index contributed by atoms with van der Waals surface area (Å²) in [6, 6.07) is 15.5. The lowest BCUT2D eigenvalue weighted by Crippen LogP contribution is -2.59. The molecule has 2 aromatic carbocycles. The van der Waals surface area contributed by atoms with Crippen LogP contribution in [-0.2, 0) is 11.2 Å². The first-order valence-electron chi connectivity index (χ1n) is 11.1. The summed E-state index contributed by atoms with van der Waals surface area (Å²) in [7, 11) is 5.31. The van der Waals surface area contributed by atoms with Crippen LogP contribution in [0.15, 0.2) is 53.1 Å². The van der Waals surface area contributed by atoms with Crippen molar-refractivity contribution in [2.75, 3.05) is 40.9 Å². The molecule has 5 rings (SSSR count). The highest BCUT2D eigenvalue weighted by Gasteiger charge is 2.53. The minimum atomic E-state index is 0.0781. The van der Waals surface area contributed by atoms with Crippen LogP contribution in [0.1, 0.15) is 23.9 Å². The molecule has 2 fully saturated rings. The Morgan fingerprint density at radius 1 is 1.09 bits per heavy atom. The van der Waals surface area contributed by atoms with Gasteiger partial charge in [0.2, 0.25) is 5.91 Å². The smallest absolute Gasteiger partial charge is 0.257 e. The second-order valence-corrected chi connectivity index (χ2v) is 9.11. The van der Waals surface area contributed by atoms with Crippen molar-refractivity contribution in [1.82, 2.24) is 19.9 Å². The van der Waals surface area contributed by atoms with E-state index in [-0.39, 0.29) is 17.4 Å². The molecule has 2 aliphatic heterocycles. The Labute approximate surface area is 193 Å². The standard InChI is InChI=1S/C25H28N4O4/c1-28-14-25(13-21(28)23-26-24(33-27-23)18-7-5-4-6-8-18)15-29(16-25)22(30)11-17-9-19(31-2)12-20(10-17)32-3/h4-10,12,21H,11,13-16H2,1-3H3. The predicted molar refractivity (Wildman–Crippen MR) is 122 cm³/mol. The maximum atomic E-state index is 12.9. The lowest BCUT2D eigenvalue weighted by Gasteiger charge is -2.48. The molecule has 3 heterocycles. The first-order valence-corrected chi connectivity index (χ1v) is 11.1. The number of carbonyl (C=O) groups excluding carboxylic acids is 1. The molecule has 3 aromatic rings. The van der Waals surface area contributed by atoms with Crippen molar-refractivity contribution in [2.45, 2.75) is 18.9 Å². The fraction of sp³-hybridized carbons (Fsp3) is 0.400. The molecular weight excluding hydrogens is 420 g/mol. The number of benzene rings is 2. The van der Waals surface area contributed by atoms with Gasteiger partial charge in [0.15, 0.2) is 5.82 Å². The van der Waals surface area contributed by atoms with Gasteiger partial charge in [0.1, 0.15) is 11.5 Å². The molecule has 2 aliphatic rings. The Morgan fingerprint density at radius 3 is 2.45 bits per heavy atom. The Kier molecular flexibility index (Phi) is 5.54. The number of amides is 1. The normalized spacial score (nSPS) is 19.5. The molecule has 0 bridgehead atoms. The van der Waals surface area contributed by atoms with Crippen molar-refractivity contribution in [2.24, 2.45) is 5.41 Å². The van der Waals surface area contributed by atoms with Crippen LogP contribution in [0.4, 0.5) is 0 Å². The van der Waals surface area contributed by atoms with Crippen LogP contribution >= 0.6 is 0 Å². The molecule has 0 radical (unpaired) electrons. The zero-order chi connectivity index (χ0) is 23.0. The van der Waals surface area contributed by atoms with E-state index in [0.29, 0.717) is 29.6 Å². The molecule has 2 saturated heterocycles. The Hall–Kier alpha value is -3.39. The molecule has 8 nitrogen and oxygen atoms in total. The van der Waals surface area contributed by atoms with Crippen molar-refractivity contribution in [1.29, 1.82) is 0 Å². The summed E-state index contributed by atoms with van der Waals surface area (Å²) >= 11 is 0. The quantitative estimate of drug-likeness (QED) is 0.573. The maximum absolute atomic E-state index is 12.9. The summed E-state index contributed by atoms with van der Waals surface area (Å²) in [5.74, 6) is 2.74. The fourth-order valence-corrected chi connectivity index (χ4v) is 5.05. The molecule has 172 valence electrons. The summed E-state index contributed by atoms with van der Waals surface area (Å²) in [4.78, 5) is 21.8. The van der Waals surface area contributed by atoms with Gasteiger partial charge in [0.25, 0.3) is 5.89 Å². The number of aromatic nitrogens is 2. The molecular formula is C25H28N4O4. The molecule has 8 heteroatoms. The topological polar surface area (TPSA) is 80.9 Å². The van der Waals surface area contributed by atoms with E-state index in [2.05, 4.69) is 22.1 Å². The zero-order valence-electron chi connectivity index (χ0n) is 19.2. The molecule has 1 aromatic heterocycles. The number of rotatable bonds is 6. The Bertz CT molecular complexity index is 1120. The number of likely N-dealkylation sites (tertiary alicyclic amines) is 2. The second-order valence-electron chi connectivity index (χ2n) is 9.11. The molecule has 1 atom stereocenters. The van der Waals surface area contributed by atoms with Crippen LogP contribution in [0.5, 0.6) is 11.5 Å². The largest absolute Gasteiger partial charge is 0.497 e. The van der Waals surface area contributed by atoms with Gasteiger partial charge in [-0.25, -0.2) is 0 Å². The average Bonchev–Trinajstić information content (AvgIpc) is 3.43. The van der Waals surface area contributed by atoms with Gasteiger partial charge in [-0.05, 0) is 43.3 Å². The predicted octanol–water partition coefficient (Wildman–Crippen LogP) is 3.20. The minimum Gasteiger partial charge on any atom is -0.497 e. The van der Waals surface area contributed by atoms with Gasteiger partial charge in [-0.3, -0.25) is 9.69 Å². The van der Waals surface area contributed by atoms with E-state index >= 15 is 0 Å². The van der Waals surface area contributed by atoms with Crippen LogP contribution in [-0.4, -0.2) is 66.7 Å². The number of hydrogen-bond acceptors (Lipinski definition) is 7. The van der Waals surface area contributed by atoms with Crippen molar-refractivity contribution in [3.8, 4) is 23.0 Å². The summed E-state index contributed by atoms with van der Waals surface area (Å²) in [5, 5.41) is 4.26. The van der Waals surface area contributed by atoms with E-state index < -0.39 is 0 Å². The molecule has 0 N–H and O–H groups in total. The van der Waals surface area contributed by atoms with E-state index in [9.17, 15) is 4.79 Å². The van der Waals surface area contributed by atoms with Gasteiger partial charge in [0.05, 0.1) is 26.7 Å². The van der Waals surface area contributed by atoms with Crippen molar-refractivity contribution in [3.63, 3.8) is 0 Å². The number of carbonyl (C=O) groups is 1. The highest BCUT2D eigenvalue weighted by atomic mass is 16.5. The number of ether oxygens (including phenoxy) is 2. The third-order valence-electron chi connectivity index (χ3n) is 6.68. The van der Waals surface area contributed by atoms with Gasteiger partial charge in [-0.1, -0.05) is 23.4 Å². The van der Waals surface area contributed by atoms with Crippen molar-refractivity contribution < 1.29 is 18.8 Å². The molecule has 33 heavy (non-hydrogen) atoms. The SMILES string of the molecule is COc1cc(CC(=O)N2CC3(CC(c4noc(-c5ccccc5)n4)N(C)C3)C2)cc(OC)c1. The van der Waals surface area contributed by atoms with Gasteiger partial charge in [-0.2, -0.15) is 4.98 Å². The number of nitrogens with zero attached hydrogens (tertiary/aromatic N) is 4. The van der Waals surface area contributed by atoms with Crippen LogP contribution in [0.2, 0.25) is 0 Å². The van der Waals surface area contributed by atoms with E-state index in [0.717, 1.165) is 37.2 Å². The van der Waals surface area contributed by atoms with E-state index in [1.165, 1.54) is 0 Å². The summed E-state index contributed by atoms with van der Waals surface area (Å²) in [5.41, 5.74) is 1.88. The monoisotopic (exact) mass is 448 g/mol. The average molecular weight is 449 g/mol. The number of hydrogen-bond donors (Lipinski definition) is 0. The van der Waals surface area contributed by atoms with Crippen LogP contribution in [0.25, 0.3) is 11.5 Å². The maximum Gasteiger partial charge on any atom is 0.257 e. The summed E-state index contributed by atoms with van der Waals surface area (Å²) in [6.45, 7) is 2.40. The minimum absolute atomic E-state index is 0.0781. The van der Waals surface area contributed by atoms with Gasteiger partial charge < -0.3 is 18.9 Å². The van der Waals surface area contributed by atoms with Crippen LogP contribution in [0.3, 0.4) is 0 Å². The Morgan fingerprint density at radius 2 is 1.79 bits per heavy atom. The molecule has 1 amide bonds. The first-order chi connectivity index (χ1) is 16.0. The third kappa shape index (κ3) is 4.18. The van der Waals surface area contributed by atoms with Crippen LogP contribution in [0, 0.1) is 5.41 Å². The van der Waals surface area contributed by atoms with Gasteiger partial charge in [-0.15, -0.1) is 0 Å². The second kappa shape index (κ2) is 8.51. The molecule has 0 aliphatic carbocycles. The first kappa shape index (κ1) is 21.5. The lowest BCUT2D eigenvalue weighted by atomic mass is 9.77. The molecule has 1 unspecified atom stereocenters. The highest BCUT2D eigenvalue weighted by Crippen LogP contribution is 2.47. The summed E-state index contributed by atoms with van der Waals surface area (Å²) in [6.07, 6.45) is 1.24. The van der Waals surface area contributed by atoms with E-state index in [1.54, 1.807) is 14.2 Å². The van der Waals surface area contributed by atoms with E-state index in [1.807, 2.05) is 53.4 Å². The molecule has 0 saturated carbocycles. The van der Waals surface area contributed by atoms with Crippen molar-refractivity contribution >= 4 is 5.91 Å². The van der Waals surface area contributed by atoms with Gasteiger partial charge in [0, 0.05) is 36.7 Å². The zero-order valence-corrected chi connectivity index (χ0v) is 19.2. The highest BCUT2D eigenvalue weighted by molar-refractivity contribution is 5.80.